The van der Waals surface area contributed by atoms with Gasteiger partial charge in [0.15, 0.2) is 0 Å². The number of nitrogens with zero attached hydrogens (tertiary/aromatic N) is 4. The van der Waals surface area contributed by atoms with Crippen LogP contribution in [0.2, 0.25) is 0 Å². The molecule has 1 aliphatic rings. The Balaban J connectivity index is 2.27. The Bertz CT molecular complexity index is 491. The Morgan fingerprint density at radius 1 is 1.29 bits per heavy atom. The maximum absolute atomic E-state index is 12.1. The summed E-state index contributed by atoms with van der Waals surface area (Å²) in [7, 11) is 1.86. The number of likely N-dealkylation sites (N-methyl/N-ethyl adjacent to an activating group) is 1. The molecule has 0 aromatic carbocycles. The van der Waals surface area contributed by atoms with Gasteiger partial charge in [0.25, 0.3) is 0 Å². The van der Waals surface area contributed by atoms with Gasteiger partial charge < -0.3 is 15.1 Å². The van der Waals surface area contributed by atoms with Crippen molar-refractivity contribution in [1.29, 1.82) is 0 Å². The predicted octanol–water partition coefficient (Wildman–Crippen LogP) is 1.53. The third-order valence-corrected chi connectivity index (χ3v) is 3.79. The molecule has 1 amide bonds. The second kappa shape index (κ2) is 7.24. The Morgan fingerprint density at radius 2 is 2.10 bits per heavy atom. The Kier molecular flexibility index (Phi) is 5.36. The predicted molar refractivity (Wildman–Crippen MR) is 84.7 cm³/mol. The van der Waals surface area contributed by atoms with E-state index in [1.165, 1.54) is 0 Å². The highest BCUT2D eigenvalue weighted by Gasteiger charge is 2.22. The van der Waals surface area contributed by atoms with E-state index in [-0.39, 0.29) is 5.91 Å². The Labute approximate surface area is 126 Å². The molecule has 2 rings (SSSR count). The van der Waals surface area contributed by atoms with E-state index in [9.17, 15) is 4.79 Å². The van der Waals surface area contributed by atoms with Crippen LogP contribution in [-0.2, 0) is 11.2 Å². The standard InChI is InChI=1S/C15H25N5O/c1-4-7-16-14-12(5-2)15(18-11-17-14)20-9-6-8-19(3)13(21)10-20/h11H,4-10H2,1-3H3,(H,16,17,18). The van der Waals surface area contributed by atoms with E-state index >= 15 is 0 Å². The third-order valence-electron chi connectivity index (χ3n) is 3.79. The van der Waals surface area contributed by atoms with Crippen LogP contribution in [0.1, 0.15) is 32.3 Å². The van der Waals surface area contributed by atoms with Crippen LogP contribution in [0, 0.1) is 0 Å². The van der Waals surface area contributed by atoms with Gasteiger partial charge >= 0.3 is 0 Å². The van der Waals surface area contributed by atoms with E-state index < -0.39 is 0 Å². The highest BCUT2D eigenvalue weighted by atomic mass is 16.2. The first-order valence-electron chi connectivity index (χ1n) is 7.74. The summed E-state index contributed by atoms with van der Waals surface area (Å²) in [4.78, 5) is 24.8. The van der Waals surface area contributed by atoms with Crippen LogP contribution in [0.25, 0.3) is 0 Å². The molecule has 1 saturated heterocycles. The number of hydrogen-bond acceptors (Lipinski definition) is 5. The molecule has 21 heavy (non-hydrogen) atoms. The van der Waals surface area contributed by atoms with Crippen molar-refractivity contribution in [3.05, 3.63) is 11.9 Å². The fourth-order valence-electron chi connectivity index (χ4n) is 2.56. The number of hydrogen-bond donors (Lipinski definition) is 1. The van der Waals surface area contributed by atoms with Gasteiger partial charge in [-0.2, -0.15) is 0 Å². The molecule has 1 N–H and O–H groups in total. The number of nitrogens with one attached hydrogen (secondary N) is 1. The van der Waals surface area contributed by atoms with Crippen molar-refractivity contribution < 1.29 is 4.79 Å². The lowest BCUT2D eigenvalue weighted by Crippen LogP contribution is -2.35. The van der Waals surface area contributed by atoms with Crippen LogP contribution in [0.5, 0.6) is 0 Å². The summed E-state index contributed by atoms with van der Waals surface area (Å²) in [6, 6.07) is 0. The van der Waals surface area contributed by atoms with E-state index in [0.717, 1.165) is 56.1 Å². The first-order chi connectivity index (χ1) is 10.2. The van der Waals surface area contributed by atoms with Crippen LogP contribution >= 0.6 is 0 Å². The van der Waals surface area contributed by atoms with Crippen LogP contribution in [0.3, 0.4) is 0 Å². The SMILES string of the molecule is CCCNc1ncnc(N2CCCN(C)C(=O)C2)c1CC. The van der Waals surface area contributed by atoms with Crippen LogP contribution in [-0.4, -0.2) is 54.0 Å². The van der Waals surface area contributed by atoms with E-state index in [1.54, 1.807) is 11.2 Å². The second-order valence-electron chi connectivity index (χ2n) is 5.40. The molecule has 0 bridgehead atoms. The molecule has 1 aromatic rings. The third kappa shape index (κ3) is 3.62. The summed E-state index contributed by atoms with van der Waals surface area (Å²) in [5, 5.41) is 3.36. The van der Waals surface area contributed by atoms with Crippen molar-refractivity contribution in [2.24, 2.45) is 0 Å². The second-order valence-corrected chi connectivity index (χ2v) is 5.40. The normalized spacial score (nSPS) is 16.0. The highest BCUT2D eigenvalue weighted by molar-refractivity contribution is 5.82. The van der Waals surface area contributed by atoms with Gasteiger partial charge in [-0.3, -0.25) is 4.79 Å². The zero-order valence-electron chi connectivity index (χ0n) is 13.2. The van der Waals surface area contributed by atoms with Crippen molar-refractivity contribution in [2.75, 3.05) is 43.4 Å². The minimum atomic E-state index is 0.149. The Morgan fingerprint density at radius 3 is 2.81 bits per heavy atom. The number of rotatable bonds is 5. The van der Waals surface area contributed by atoms with Gasteiger partial charge in [0.2, 0.25) is 5.91 Å². The first-order valence-corrected chi connectivity index (χ1v) is 7.74. The smallest absolute Gasteiger partial charge is 0.241 e. The molecular formula is C15H25N5O. The first kappa shape index (κ1) is 15.5. The molecule has 116 valence electrons. The average molecular weight is 291 g/mol. The van der Waals surface area contributed by atoms with Gasteiger partial charge in [0.05, 0.1) is 6.54 Å². The van der Waals surface area contributed by atoms with Gasteiger partial charge in [-0.15, -0.1) is 0 Å². The molecule has 1 aromatic heterocycles. The van der Waals surface area contributed by atoms with E-state index in [4.69, 9.17) is 0 Å². The molecule has 1 fully saturated rings. The number of carbonyl (C=O) groups excluding carboxylic acids is 1. The zero-order valence-corrected chi connectivity index (χ0v) is 13.2. The zero-order chi connectivity index (χ0) is 15.2. The van der Waals surface area contributed by atoms with Gasteiger partial charge in [0, 0.05) is 32.2 Å². The van der Waals surface area contributed by atoms with Crippen molar-refractivity contribution in [3.63, 3.8) is 0 Å². The average Bonchev–Trinajstić information content (AvgIpc) is 2.66. The molecule has 0 radical (unpaired) electrons. The molecule has 2 heterocycles. The van der Waals surface area contributed by atoms with Crippen molar-refractivity contribution in [3.8, 4) is 0 Å². The molecule has 0 atom stereocenters. The molecule has 0 unspecified atom stereocenters. The number of aromatic nitrogens is 2. The van der Waals surface area contributed by atoms with Gasteiger partial charge in [-0.25, -0.2) is 9.97 Å². The quantitative estimate of drug-likeness (QED) is 0.891. The van der Waals surface area contributed by atoms with Crippen molar-refractivity contribution in [2.45, 2.75) is 33.1 Å². The number of carbonyl (C=O) groups is 1. The molecular weight excluding hydrogens is 266 g/mol. The lowest BCUT2D eigenvalue weighted by molar-refractivity contribution is -0.127. The lowest BCUT2D eigenvalue weighted by Gasteiger charge is -2.24. The fourth-order valence-corrected chi connectivity index (χ4v) is 2.56. The molecule has 0 spiro atoms. The fraction of sp³-hybridized carbons (Fsp3) is 0.667. The monoisotopic (exact) mass is 291 g/mol. The molecule has 1 aliphatic heterocycles. The topological polar surface area (TPSA) is 61.4 Å². The van der Waals surface area contributed by atoms with E-state index in [1.807, 2.05) is 7.05 Å². The molecule has 0 saturated carbocycles. The molecule has 6 nitrogen and oxygen atoms in total. The van der Waals surface area contributed by atoms with E-state index in [2.05, 4.69) is 34.0 Å². The maximum Gasteiger partial charge on any atom is 0.241 e. The van der Waals surface area contributed by atoms with Crippen LogP contribution in [0.15, 0.2) is 6.33 Å². The summed E-state index contributed by atoms with van der Waals surface area (Å²) >= 11 is 0. The van der Waals surface area contributed by atoms with Crippen molar-refractivity contribution in [1.82, 2.24) is 14.9 Å². The van der Waals surface area contributed by atoms with Gasteiger partial charge in [-0.05, 0) is 19.3 Å². The van der Waals surface area contributed by atoms with Crippen molar-refractivity contribution >= 4 is 17.5 Å². The summed E-state index contributed by atoms with van der Waals surface area (Å²) in [5.41, 5.74) is 1.10. The molecule has 0 aliphatic carbocycles. The van der Waals surface area contributed by atoms with Gasteiger partial charge in [-0.1, -0.05) is 13.8 Å². The van der Waals surface area contributed by atoms with Crippen LogP contribution in [0.4, 0.5) is 11.6 Å². The minimum Gasteiger partial charge on any atom is -0.370 e. The summed E-state index contributed by atoms with van der Waals surface area (Å²) < 4.78 is 0. The maximum atomic E-state index is 12.1. The molecule has 6 heteroatoms. The van der Waals surface area contributed by atoms with Gasteiger partial charge in [0.1, 0.15) is 18.0 Å². The Hall–Kier alpha value is -1.85. The lowest BCUT2D eigenvalue weighted by atomic mass is 10.2. The number of amides is 1. The van der Waals surface area contributed by atoms with E-state index in [0.29, 0.717) is 6.54 Å². The largest absolute Gasteiger partial charge is 0.370 e. The van der Waals surface area contributed by atoms with Crippen LogP contribution < -0.4 is 10.2 Å². The minimum absolute atomic E-state index is 0.149. The summed E-state index contributed by atoms with van der Waals surface area (Å²) in [6.07, 6.45) is 4.46. The highest BCUT2D eigenvalue weighted by Crippen LogP contribution is 2.25. The number of anilines is 2. The summed E-state index contributed by atoms with van der Waals surface area (Å²) in [6.45, 7) is 7.18. The summed E-state index contributed by atoms with van der Waals surface area (Å²) in [5.74, 6) is 1.94.